The molecule has 0 bridgehead atoms. The predicted molar refractivity (Wildman–Crippen MR) is 52.8 cm³/mol. The predicted octanol–water partition coefficient (Wildman–Crippen LogP) is 2.90. The first-order chi connectivity index (χ1) is 5.14. The second-order valence-corrected chi connectivity index (χ2v) is 5.06. The van der Waals surface area contributed by atoms with Crippen LogP contribution in [0.15, 0.2) is 38.0 Å². The van der Waals surface area contributed by atoms with Crippen LogP contribution in [0.2, 0.25) is 3.43 Å². The van der Waals surface area contributed by atoms with Crippen molar-refractivity contribution in [3.63, 3.8) is 0 Å². The molecular formula is C10H15Sn. The van der Waals surface area contributed by atoms with Crippen molar-refractivity contribution in [2.45, 2.75) is 16.8 Å². The van der Waals surface area contributed by atoms with E-state index in [1.165, 1.54) is 22.5 Å². The molecule has 0 aliphatic rings. The topological polar surface area (TPSA) is 0 Å². The van der Waals surface area contributed by atoms with Gasteiger partial charge < -0.3 is 0 Å². The first-order valence-corrected chi connectivity index (χ1v) is 5.22. The van der Waals surface area contributed by atoms with Crippen molar-refractivity contribution in [1.82, 2.24) is 0 Å². The molecule has 0 saturated heterocycles. The number of allylic oxidation sites excluding steroid dienone is 3. The quantitative estimate of drug-likeness (QED) is 0.522. The summed E-state index contributed by atoms with van der Waals surface area (Å²) in [6.07, 6.45) is 7.06. The molecule has 0 aromatic rings. The van der Waals surface area contributed by atoms with E-state index in [1.807, 2.05) is 18.2 Å². The third-order valence-corrected chi connectivity index (χ3v) is 4.24. The Morgan fingerprint density at radius 2 is 1.82 bits per heavy atom. The first kappa shape index (κ1) is 11.0. The van der Waals surface area contributed by atoms with Crippen LogP contribution in [0.5, 0.6) is 0 Å². The molecular weight excluding hydrogens is 239 g/mol. The molecule has 0 aromatic heterocycles. The average Bonchev–Trinajstić information content (AvgIpc) is 2.06. The fourth-order valence-corrected chi connectivity index (χ4v) is 2.00. The van der Waals surface area contributed by atoms with E-state index in [2.05, 4.69) is 26.7 Å². The molecule has 0 aromatic carbocycles. The van der Waals surface area contributed by atoms with Crippen LogP contribution < -0.4 is 0 Å². The van der Waals surface area contributed by atoms with Crippen molar-refractivity contribution < 1.29 is 0 Å². The van der Waals surface area contributed by atoms with Gasteiger partial charge in [-0.3, -0.25) is 0 Å². The fraction of sp³-hybridized carbons (Fsp3) is 0.400. The van der Waals surface area contributed by atoms with Gasteiger partial charge in [-0.2, -0.15) is 0 Å². The van der Waals surface area contributed by atoms with Crippen LogP contribution in [0, 0.1) is 5.92 Å². The van der Waals surface area contributed by atoms with Gasteiger partial charge in [0, 0.05) is 0 Å². The Balaban J connectivity index is 4.56. The Labute approximate surface area is 83.2 Å². The van der Waals surface area contributed by atoms with Crippen LogP contribution in [0.4, 0.5) is 0 Å². The van der Waals surface area contributed by atoms with Gasteiger partial charge in [0.05, 0.1) is 0 Å². The second kappa shape index (κ2) is 4.81. The van der Waals surface area contributed by atoms with Crippen molar-refractivity contribution in [2.24, 2.45) is 5.92 Å². The molecule has 0 saturated carbocycles. The summed E-state index contributed by atoms with van der Waals surface area (Å²) in [6, 6.07) is 0. The SMILES string of the molecule is C=CC(CC)[C]([Sn])(C=C)C=C. The summed E-state index contributed by atoms with van der Waals surface area (Å²) >= 11 is 1.44. The van der Waals surface area contributed by atoms with E-state index in [9.17, 15) is 0 Å². The van der Waals surface area contributed by atoms with Gasteiger partial charge >= 0.3 is 83.2 Å². The normalized spacial score (nSPS) is 13.6. The Bertz CT molecular complexity index is 150. The van der Waals surface area contributed by atoms with Crippen LogP contribution in [0.25, 0.3) is 0 Å². The van der Waals surface area contributed by atoms with Crippen molar-refractivity contribution >= 4 is 22.5 Å². The number of hydrogen-bond donors (Lipinski definition) is 0. The minimum atomic E-state index is 0.100. The van der Waals surface area contributed by atoms with Crippen molar-refractivity contribution in [2.75, 3.05) is 0 Å². The minimum absolute atomic E-state index is 0.100. The molecule has 11 heavy (non-hydrogen) atoms. The van der Waals surface area contributed by atoms with Gasteiger partial charge in [0.15, 0.2) is 0 Å². The molecule has 0 nitrogen and oxygen atoms in total. The van der Waals surface area contributed by atoms with E-state index in [4.69, 9.17) is 0 Å². The van der Waals surface area contributed by atoms with Gasteiger partial charge in [-0.1, -0.05) is 0 Å². The molecule has 0 aliphatic carbocycles. The van der Waals surface area contributed by atoms with Gasteiger partial charge in [-0.05, 0) is 0 Å². The standard InChI is InChI=1S/C10H15.Sn/c1-5-9(6-2)10(7-3)8-4;/h5-7,10H,1-3,8H2,4H3;. The van der Waals surface area contributed by atoms with E-state index >= 15 is 0 Å². The molecule has 1 heteroatoms. The van der Waals surface area contributed by atoms with E-state index in [-0.39, 0.29) is 3.43 Å². The second-order valence-electron chi connectivity index (χ2n) is 2.59. The summed E-state index contributed by atoms with van der Waals surface area (Å²) in [4.78, 5) is 0. The molecule has 0 rings (SSSR count). The average molecular weight is 254 g/mol. The summed E-state index contributed by atoms with van der Waals surface area (Å²) in [7, 11) is 0. The Morgan fingerprint density at radius 3 is 1.91 bits per heavy atom. The number of hydrogen-bond acceptors (Lipinski definition) is 0. The zero-order chi connectivity index (χ0) is 8.91. The summed E-state index contributed by atoms with van der Waals surface area (Å²) in [5.41, 5.74) is 0. The fourth-order valence-electron chi connectivity index (χ4n) is 1.09. The van der Waals surface area contributed by atoms with Crippen LogP contribution in [0.1, 0.15) is 13.3 Å². The molecule has 3 radical (unpaired) electrons. The van der Waals surface area contributed by atoms with Gasteiger partial charge in [0.1, 0.15) is 0 Å². The van der Waals surface area contributed by atoms with E-state index in [1.54, 1.807) is 0 Å². The van der Waals surface area contributed by atoms with Crippen molar-refractivity contribution in [1.29, 1.82) is 0 Å². The molecule has 0 heterocycles. The molecule has 0 fully saturated rings. The molecule has 1 unspecified atom stereocenters. The van der Waals surface area contributed by atoms with Crippen LogP contribution in [-0.2, 0) is 0 Å². The molecule has 1 atom stereocenters. The van der Waals surface area contributed by atoms with Gasteiger partial charge in [0.2, 0.25) is 0 Å². The van der Waals surface area contributed by atoms with Crippen molar-refractivity contribution in [3.8, 4) is 0 Å². The van der Waals surface area contributed by atoms with Gasteiger partial charge in [-0.15, -0.1) is 0 Å². The monoisotopic (exact) mass is 255 g/mol. The first-order valence-electron chi connectivity index (χ1n) is 3.79. The Morgan fingerprint density at radius 1 is 1.36 bits per heavy atom. The molecule has 59 valence electrons. The van der Waals surface area contributed by atoms with E-state index < -0.39 is 0 Å². The zero-order valence-electron chi connectivity index (χ0n) is 7.14. The maximum absolute atomic E-state index is 3.82. The molecule has 0 amide bonds. The summed E-state index contributed by atoms with van der Waals surface area (Å²) < 4.78 is 0.100. The van der Waals surface area contributed by atoms with Crippen LogP contribution in [-0.4, -0.2) is 22.5 Å². The molecule has 0 aliphatic heterocycles. The number of rotatable bonds is 5. The Kier molecular flexibility index (Phi) is 4.82. The molecule has 0 spiro atoms. The van der Waals surface area contributed by atoms with Gasteiger partial charge in [-0.25, -0.2) is 0 Å². The maximum atomic E-state index is 3.82. The van der Waals surface area contributed by atoms with E-state index in [0.29, 0.717) is 5.92 Å². The van der Waals surface area contributed by atoms with Crippen LogP contribution >= 0.6 is 0 Å². The summed E-state index contributed by atoms with van der Waals surface area (Å²) in [5.74, 6) is 0.496. The molecule has 0 N–H and O–H groups in total. The summed E-state index contributed by atoms with van der Waals surface area (Å²) in [6.45, 7) is 13.6. The van der Waals surface area contributed by atoms with Gasteiger partial charge in [0.25, 0.3) is 0 Å². The van der Waals surface area contributed by atoms with Crippen molar-refractivity contribution in [3.05, 3.63) is 38.0 Å². The summed E-state index contributed by atoms with van der Waals surface area (Å²) in [5, 5.41) is 0. The third-order valence-electron chi connectivity index (χ3n) is 2.01. The Hall–Kier alpha value is 0.0187. The van der Waals surface area contributed by atoms with E-state index in [0.717, 1.165) is 6.42 Å². The zero-order valence-corrected chi connectivity index (χ0v) is 9.99. The van der Waals surface area contributed by atoms with Crippen LogP contribution in [0.3, 0.4) is 0 Å². The third kappa shape index (κ3) is 2.51.